The van der Waals surface area contributed by atoms with Gasteiger partial charge in [0.15, 0.2) is 0 Å². The maximum Gasteiger partial charge on any atom is 0.320 e. The molecule has 0 aliphatic heterocycles. The van der Waals surface area contributed by atoms with Gasteiger partial charge in [0.25, 0.3) is 11.6 Å². The number of ether oxygens (including phenoxy) is 2. The fraction of sp³-hybridized carbons (Fsp3) is 0.150. The minimum Gasteiger partial charge on any atom is -0.496 e. The van der Waals surface area contributed by atoms with Crippen LogP contribution in [0, 0.1) is 20.2 Å². The lowest BCUT2D eigenvalue weighted by molar-refractivity contribution is -0.385. The molecule has 1 heterocycles. The predicted octanol–water partition coefficient (Wildman–Crippen LogP) is 3.29. The fourth-order valence-electron chi connectivity index (χ4n) is 2.89. The Morgan fingerprint density at radius 3 is 2.41 bits per heavy atom. The molecule has 13 nitrogen and oxygen atoms in total. The third-order valence-corrected chi connectivity index (χ3v) is 5.14. The topological polar surface area (TPSA) is 164 Å². The lowest BCUT2D eigenvalue weighted by Crippen LogP contribution is -2.20. The molecule has 0 atom stereocenters. The molecule has 0 unspecified atom stereocenters. The first-order valence-corrected chi connectivity index (χ1v) is 10.2. The number of halogens is 1. The van der Waals surface area contributed by atoms with Crippen molar-refractivity contribution >= 4 is 39.4 Å². The van der Waals surface area contributed by atoms with Crippen LogP contribution in [-0.4, -0.2) is 46.0 Å². The van der Waals surface area contributed by atoms with Crippen molar-refractivity contribution in [3.05, 3.63) is 84.1 Å². The number of carbonyl (C=O) groups is 1. The molecule has 1 aromatic heterocycles. The van der Waals surface area contributed by atoms with E-state index in [2.05, 4.69) is 31.6 Å². The van der Waals surface area contributed by atoms with Gasteiger partial charge in [-0.05, 0) is 27.6 Å². The highest BCUT2D eigenvalue weighted by Gasteiger charge is 2.25. The number of hydrogen-bond acceptors (Lipinski definition) is 9. The molecule has 1 amide bonds. The molecule has 14 heteroatoms. The van der Waals surface area contributed by atoms with Crippen LogP contribution in [0.3, 0.4) is 0 Å². The first kappa shape index (κ1) is 24.3. The van der Waals surface area contributed by atoms with Crippen LogP contribution < -0.4 is 14.9 Å². The molecule has 0 bridgehead atoms. The second kappa shape index (κ2) is 10.5. The zero-order valence-electron chi connectivity index (χ0n) is 17.8. The standard InChI is InChI=1S/C20H17BrN6O7/c1-33-17-8-18(34-2)15(21)7-13(17)9-22-23-20(28)19-16(27(31)32)11-25(24-19)10-12-3-5-14(6-4-12)26(29)30/h3-9,11H,10H2,1-2H3,(H,23,28)/b22-9-. The van der Waals surface area contributed by atoms with Gasteiger partial charge in [-0.3, -0.25) is 29.7 Å². The summed E-state index contributed by atoms with van der Waals surface area (Å²) >= 11 is 3.34. The van der Waals surface area contributed by atoms with E-state index >= 15 is 0 Å². The summed E-state index contributed by atoms with van der Waals surface area (Å²) in [5, 5.41) is 30.0. The molecule has 0 aliphatic carbocycles. The second-order valence-electron chi connectivity index (χ2n) is 6.67. The van der Waals surface area contributed by atoms with Crippen LogP contribution in [0.2, 0.25) is 0 Å². The van der Waals surface area contributed by atoms with E-state index in [0.29, 0.717) is 27.1 Å². The molecule has 3 aromatic rings. The average molecular weight is 533 g/mol. The van der Waals surface area contributed by atoms with Crippen molar-refractivity contribution in [1.82, 2.24) is 15.2 Å². The normalized spacial score (nSPS) is 10.8. The Hall–Kier alpha value is -4.33. The molecule has 176 valence electrons. The number of hydrogen-bond donors (Lipinski definition) is 1. The van der Waals surface area contributed by atoms with Crippen molar-refractivity contribution < 1.29 is 24.1 Å². The fourth-order valence-corrected chi connectivity index (χ4v) is 3.42. The number of carbonyl (C=O) groups excluding carboxylic acids is 1. The number of non-ortho nitro benzene ring substituents is 1. The van der Waals surface area contributed by atoms with E-state index in [4.69, 9.17) is 9.47 Å². The van der Waals surface area contributed by atoms with E-state index < -0.39 is 27.1 Å². The predicted molar refractivity (Wildman–Crippen MR) is 123 cm³/mol. The molecule has 2 aromatic carbocycles. The summed E-state index contributed by atoms with van der Waals surface area (Å²) < 4.78 is 12.3. The molecule has 0 spiro atoms. The maximum absolute atomic E-state index is 12.5. The summed E-state index contributed by atoms with van der Waals surface area (Å²) in [5.74, 6) is 0.0700. The number of nitrogens with zero attached hydrogens (tertiary/aromatic N) is 5. The van der Waals surface area contributed by atoms with Gasteiger partial charge in [0.05, 0.1) is 41.3 Å². The van der Waals surface area contributed by atoms with Crippen LogP contribution in [-0.2, 0) is 6.54 Å². The van der Waals surface area contributed by atoms with E-state index in [0.717, 1.165) is 6.20 Å². The third-order valence-electron chi connectivity index (χ3n) is 4.52. The van der Waals surface area contributed by atoms with E-state index in [1.165, 1.54) is 49.4 Å². The lowest BCUT2D eigenvalue weighted by Gasteiger charge is -2.09. The Morgan fingerprint density at radius 2 is 1.82 bits per heavy atom. The van der Waals surface area contributed by atoms with E-state index in [1.54, 1.807) is 12.1 Å². The molecular formula is C20H17BrN6O7. The first-order chi connectivity index (χ1) is 16.2. The molecule has 0 radical (unpaired) electrons. The Balaban J connectivity index is 1.78. The van der Waals surface area contributed by atoms with Crippen LogP contribution >= 0.6 is 15.9 Å². The zero-order valence-corrected chi connectivity index (χ0v) is 19.4. The summed E-state index contributed by atoms with van der Waals surface area (Å²) in [4.78, 5) is 33.4. The van der Waals surface area contributed by atoms with Gasteiger partial charge in [0, 0.05) is 23.8 Å². The Bertz CT molecular complexity index is 1270. The van der Waals surface area contributed by atoms with Crippen molar-refractivity contribution in [1.29, 1.82) is 0 Å². The van der Waals surface area contributed by atoms with E-state index in [9.17, 15) is 25.0 Å². The maximum atomic E-state index is 12.5. The smallest absolute Gasteiger partial charge is 0.320 e. The van der Waals surface area contributed by atoms with E-state index in [1.807, 2.05) is 0 Å². The second-order valence-corrected chi connectivity index (χ2v) is 7.52. The molecule has 34 heavy (non-hydrogen) atoms. The monoisotopic (exact) mass is 532 g/mol. The highest BCUT2D eigenvalue weighted by Crippen LogP contribution is 2.32. The van der Waals surface area contributed by atoms with Crippen LogP contribution in [0.25, 0.3) is 0 Å². The Kier molecular flexibility index (Phi) is 7.53. The number of nitrogens with one attached hydrogen (secondary N) is 1. The summed E-state index contributed by atoms with van der Waals surface area (Å²) in [6, 6.07) is 8.89. The van der Waals surface area contributed by atoms with Gasteiger partial charge in [-0.25, -0.2) is 5.43 Å². The van der Waals surface area contributed by atoms with Gasteiger partial charge in [0.1, 0.15) is 17.7 Å². The van der Waals surface area contributed by atoms with Gasteiger partial charge in [-0.15, -0.1) is 0 Å². The highest BCUT2D eigenvalue weighted by molar-refractivity contribution is 9.10. The SMILES string of the molecule is COc1cc(OC)c(/C=N\NC(=O)c2nn(Cc3ccc([N+](=O)[O-])cc3)cc2[N+](=O)[O-])cc1Br. The summed E-state index contributed by atoms with van der Waals surface area (Å²) in [6.07, 6.45) is 2.41. The summed E-state index contributed by atoms with van der Waals surface area (Å²) in [6.45, 7) is 0.0620. The number of nitro benzene ring substituents is 1. The highest BCUT2D eigenvalue weighted by atomic mass is 79.9. The molecule has 0 fully saturated rings. The Morgan fingerprint density at radius 1 is 1.15 bits per heavy atom. The van der Waals surface area contributed by atoms with Crippen molar-refractivity contribution in [3.63, 3.8) is 0 Å². The van der Waals surface area contributed by atoms with Crippen molar-refractivity contribution in [3.8, 4) is 11.5 Å². The molecule has 0 saturated carbocycles. The first-order valence-electron chi connectivity index (χ1n) is 9.43. The van der Waals surface area contributed by atoms with Gasteiger partial charge >= 0.3 is 5.69 Å². The van der Waals surface area contributed by atoms with Gasteiger partial charge in [-0.1, -0.05) is 12.1 Å². The van der Waals surface area contributed by atoms with Gasteiger partial charge in [-0.2, -0.15) is 10.2 Å². The van der Waals surface area contributed by atoms with Crippen molar-refractivity contribution in [2.24, 2.45) is 5.10 Å². The number of amides is 1. The van der Waals surface area contributed by atoms with Crippen LogP contribution in [0.4, 0.5) is 11.4 Å². The molecule has 1 N–H and O–H groups in total. The average Bonchev–Trinajstić information content (AvgIpc) is 3.24. The van der Waals surface area contributed by atoms with E-state index in [-0.39, 0.29) is 12.2 Å². The van der Waals surface area contributed by atoms with Crippen molar-refractivity contribution in [2.75, 3.05) is 14.2 Å². The number of methoxy groups -OCH3 is 2. The van der Waals surface area contributed by atoms with Crippen LogP contribution in [0.5, 0.6) is 11.5 Å². The molecular weight excluding hydrogens is 516 g/mol. The number of aromatic nitrogens is 2. The van der Waals surface area contributed by atoms with Crippen LogP contribution in [0.1, 0.15) is 21.6 Å². The minimum atomic E-state index is -0.892. The molecule has 0 saturated heterocycles. The summed E-state index contributed by atoms with van der Waals surface area (Å²) in [5.41, 5.74) is 2.28. The van der Waals surface area contributed by atoms with Crippen molar-refractivity contribution in [2.45, 2.75) is 6.54 Å². The lowest BCUT2D eigenvalue weighted by atomic mass is 10.2. The number of rotatable bonds is 9. The number of benzene rings is 2. The third kappa shape index (κ3) is 5.53. The van der Waals surface area contributed by atoms with Crippen LogP contribution in [0.15, 0.2) is 52.2 Å². The Labute approximate surface area is 200 Å². The van der Waals surface area contributed by atoms with Gasteiger partial charge < -0.3 is 9.47 Å². The quantitative estimate of drug-likeness (QED) is 0.249. The number of hydrazone groups is 1. The van der Waals surface area contributed by atoms with Gasteiger partial charge in [0.2, 0.25) is 5.69 Å². The zero-order chi connectivity index (χ0) is 24.8. The molecule has 0 aliphatic rings. The largest absolute Gasteiger partial charge is 0.496 e. The summed E-state index contributed by atoms with van der Waals surface area (Å²) in [7, 11) is 2.96. The number of nitro groups is 2. The molecule has 3 rings (SSSR count). The minimum absolute atomic E-state index is 0.0620.